The van der Waals surface area contributed by atoms with Gasteiger partial charge in [0.15, 0.2) is 5.69 Å². The molecule has 0 bridgehead atoms. The fraction of sp³-hybridized carbons (Fsp3) is 0.389. The minimum absolute atomic E-state index is 0.0553. The van der Waals surface area contributed by atoms with E-state index in [0.717, 1.165) is 5.69 Å². The number of carbonyl (C=O) groups excluding carboxylic acids is 2. The lowest BCUT2D eigenvalue weighted by molar-refractivity contribution is -0.147. The molecule has 0 atom stereocenters. The van der Waals surface area contributed by atoms with Crippen LogP contribution in [0.4, 0.5) is 0 Å². The largest absolute Gasteiger partial charge is 0.485 e. The smallest absolute Gasteiger partial charge is 0.325 e. The Morgan fingerprint density at radius 1 is 1.32 bits per heavy atom. The molecule has 2 N–H and O–H groups in total. The van der Waals surface area contributed by atoms with Crippen LogP contribution in [0.3, 0.4) is 0 Å². The Hall–Kier alpha value is -2.72. The van der Waals surface area contributed by atoms with E-state index in [0.29, 0.717) is 11.4 Å². The number of fused-ring (bicyclic) bond motifs is 3. The molecule has 0 aliphatic carbocycles. The lowest BCUT2D eigenvalue weighted by Crippen LogP contribution is -2.53. The lowest BCUT2D eigenvalue weighted by atomic mass is 9.94. The zero-order valence-electron chi connectivity index (χ0n) is 15.3. The number of esters is 1. The van der Waals surface area contributed by atoms with Gasteiger partial charge in [0, 0.05) is 11.5 Å². The monoisotopic (exact) mass is 404 g/mol. The predicted molar refractivity (Wildman–Crippen MR) is 101 cm³/mol. The number of nitrogens with two attached hydrogens (primary N) is 1. The van der Waals surface area contributed by atoms with Gasteiger partial charge in [0.1, 0.15) is 24.2 Å². The van der Waals surface area contributed by atoms with Crippen molar-refractivity contribution in [2.45, 2.75) is 25.0 Å². The maximum absolute atomic E-state index is 13.0. The Balaban J connectivity index is 1.60. The Kier molecular flexibility index (Phi) is 4.47. The van der Waals surface area contributed by atoms with Crippen LogP contribution >= 0.6 is 0 Å². The van der Waals surface area contributed by atoms with E-state index >= 15 is 0 Å². The van der Waals surface area contributed by atoms with Gasteiger partial charge in [-0.1, -0.05) is 12.1 Å². The number of imidazole rings is 1. The second-order valence-corrected chi connectivity index (χ2v) is 9.44. The number of ether oxygens (including phenoxy) is 2. The summed E-state index contributed by atoms with van der Waals surface area (Å²) in [6.07, 6.45) is 1.83. The van der Waals surface area contributed by atoms with Crippen LogP contribution in [0, 0.1) is 0 Å². The number of nitrogens with zero attached hydrogens (tertiary/aromatic N) is 3. The van der Waals surface area contributed by atoms with E-state index in [1.54, 1.807) is 4.57 Å². The van der Waals surface area contributed by atoms with Crippen molar-refractivity contribution in [2.24, 2.45) is 10.1 Å². The average molecular weight is 404 g/mol. The van der Waals surface area contributed by atoms with Gasteiger partial charge in [0.2, 0.25) is 0 Å². The van der Waals surface area contributed by atoms with E-state index in [9.17, 15) is 13.8 Å². The highest BCUT2D eigenvalue weighted by molar-refractivity contribution is 7.93. The molecule has 4 rings (SSSR count). The number of carbonyl (C=O) groups is 2. The molecule has 2 aliphatic rings. The van der Waals surface area contributed by atoms with Crippen LogP contribution in [0.1, 0.15) is 29.0 Å². The maximum Gasteiger partial charge on any atom is 0.325 e. The molecule has 1 aromatic carbocycles. The van der Waals surface area contributed by atoms with Crippen molar-refractivity contribution in [3.05, 3.63) is 42.0 Å². The van der Waals surface area contributed by atoms with Crippen LogP contribution < -0.4 is 10.5 Å². The highest BCUT2D eigenvalue weighted by atomic mass is 32.2. The van der Waals surface area contributed by atoms with E-state index in [-0.39, 0.29) is 36.6 Å². The first-order valence-electron chi connectivity index (χ1n) is 8.78. The average Bonchev–Trinajstić information content (AvgIpc) is 3.15. The van der Waals surface area contributed by atoms with Crippen molar-refractivity contribution < 1.29 is 23.3 Å². The third kappa shape index (κ3) is 3.08. The molecule has 1 amide bonds. The molecule has 148 valence electrons. The number of rotatable bonds is 2. The first-order valence-corrected chi connectivity index (χ1v) is 10.6. The van der Waals surface area contributed by atoms with Crippen LogP contribution in [-0.4, -0.2) is 49.8 Å². The van der Waals surface area contributed by atoms with Gasteiger partial charge in [-0.2, -0.15) is 4.36 Å². The van der Waals surface area contributed by atoms with Crippen LogP contribution in [0.5, 0.6) is 5.75 Å². The summed E-state index contributed by atoms with van der Waals surface area (Å²) in [5.41, 5.74) is 6.32. The van der Waals surface area contributed by atoms with E-state index in [4.69, 9.17) is 15.2 Å². The number of hydrogen-bond donors (Lipinski definition) is 1. The van der Waals surface area contributed by atoms with Gasteiger partial charge in [-0.05, 0) is 25.0 Å². The van der Waals surface area contributed by atoms with E-state index in [1.165, 1.54) is 13.4 Å². The highest BCUT2D eigenvalue weighted by Gasteiger charge is 2.40. The normalized spacial score (nSPS) is 25.8. The summed E-state index contributed by atoms with van der Waals surface area (Å²) in [5.74, 6) is -0.383. The Morgan fingerprint density at radius 2 is 2.04 bits per heavy atom. The molecule has 1 saturated heterocycles. The van der Waals surface area contributed by atoms with E-state index < -0.39 is 27.1 Å². The summed E-state index contributed by atoms with van der Waals surface area (Å²) in [7, 11) is -1.55. The summed E-state index contributed by atoms with van der Waals surface area (Å²) >= 11 is 0. The van der Waals surface area contributed by atoms with Gasteiger partial charge in [-0.25, -0.2) is 9.19 Å². The topological polar surface area (TPSA) is 126 Å². The molecule has 9 nitrogen and oxygen atoms in total. The fourth-order valence-corrected chi connectivity index (χ4v) is 5.57. The standard InChI is InChI=1S/C18H20N4O5S/c1-26-17(24)18(19)6-8-28(25,9-7-18)21-16(23)15-13-10-27-14-5-3-2-4-12(14)22(13)11-20-15/h2-5,11H,6-10,19H2,1H3. The van der Waals surface area contributed by atoms with Gasteiger partial charge in [-0.3, -0.25) is 14.2 Å². The van der Waals surface area contributed by atoms with Crippen LogP contribution in [0.2, 0.25) is 0 Å². The summed E-state index contributed by atoms with van der Waals surface area (Å²) in [5, 5.41) is 0. The second-order valence-electron chi connectivity index (χ2n) is 6.89. The van der Waals surface area contributed by atoms with Crippen LogP contribution in [0.15, 0.2) is 35.0 Å². The highest BCUT2D eigenvalue weighted by Crippen LogP contribution is 2.31. The van der Waals surface area contributed by atoms with Gasteiger partial charge in [0.25, 0.3) is 0 Å². The van der Waals surface area contributed by atoms with Crippen molar-refractivity contribution in [3.8, 4) is 11.4 Å². The van der Waals surface area contributed by atoms with Crippen molar-refractivity contribution in [2.75, 3.05) is 18.6 Å². The molecule has 0 radical (unpaired) electrons. The van der Waals surface area contributed by atoms with E-state index in [2.05, 4.69) is 9.35 Å². The number of methoxy groups -OCH3 is 1. The van der Waals surface area contributed by atoms with Crippen molar-refractivity contribution in [1.29, 1.82) is 0 Å². The number of hydrogen-bond acceptors (Lipinski definition) is 7. The molecule has 0 unspecified atom stereocenters. The summed E-state index contributed by atoms with van der Waals surface area (Å²) in [6.45, 7) is 0.170. The Bertz CT molecular complexity index is 1070. The molecule has 1 aromatic heterocycles. The molecule has 3 heterocycles. The Morgan fingerprint density at radius 3 is 2.75 bits per heavy atom. The fourth-order valence-electron chi connectivity index (χ4n) is 3.43. The van der Waals surface area contributed by atoms with Gasteiger partial charge < -0.3 is 15.2 Å². The SMILES string of the molecule is COC(=O)C1(N)CCS(=O)(=NC(=O)c2ncn3c2COc2ccccc2-3)CC1. The minimum atomic E-state index is -2.82. The molecule has 0 spiro atoms. The molecule has 10 heteroatoms. The number of amides is 1. The number of aromatic nitrogens is 2. The molecular weight excluding hydrogens is 384 g/mol. The van der Waals surface area contributed by atoms with Crippen molar-refractivity contribution in [1.82, 2.24) is 9.55 Å². The molecular formula is C18H20N4O5S. The maximum atomic E-state index is 13.0. The third-order valence-electron chi connectivity index (χ3n) is 5.13. The molecule has 2 aliphatic heterocycles. The molecule has 1 fully saturated rings. The number of benzene rings is 1. The molecule has 28 heavy (non-hydrogen) atoms. The first kappa shape index (κ1) is 18.6. The number of para-hydroxylation sites is 2. The second kappa shape index (κ2) is 6.71. The lowest BCUT2D eigenvalue weighted by Gasteiger charge is -2.31. The van der Waals surface area contributed by atoms with Crippen molar-refractivity contribution >= 4 is 21.6 Å². The minimum Gasteiger partial charge on any atom is -0.485 e. The zero-order valence-corrected chi connectivity index (χ0v) is 16.1. The first-order chi connectivity index (χ1) is 13.4. The summed E-state index contributed by atoms with van der Waals surface area (Å²) in [6, 6.07) is 7.42. The summed E-state index contributed by atoms with van der Waals surface area (Å²) in [4.78, 5) is 28.7. The van der Waals surface area contributed by atoms with Crippen molar-refractivity contribution in [3.63, 3.8) is 0 Å². The summed E-state index contributed by atoms with van der Waals surface area (Å²) < 4.78 is 29.2. The molecule has 0 saturated carbocycles. The van der Waals surface area contributed by atoms with Gasteiger partial charge in [0.05, 0.1) is 28.2 Å². The Labute approximate surface area is 162 Å². The van der Waals surface area contributed by atoms with Crippen LogP contribution in [0.25, 0.3) is 5.69 Å². The van der Waals surface area contributed by atoms with Gasteiger partial charge >= 0.3 is 11.9 Å². The van der Waals surface area contributed by atoms with Crippen LogP contribution in [-0.2, 0) is 25.9 Å². The zero-order chi connectivity index (χ0) is 19.9. The third-order valence-corrected chi connectivity index (χ3v) is 7.32. The predicted octanol–water partition coefficient (Wildman–Crippen LogP) is 1.04. The molecule has 2 aromatic rings. The van der Waals surface area contributed by atoms with E-state index in [1.807, 2.05) is 24.3 Å². The quantitative estimate of drug-likeness (QED) is 0.741. The van der Waals surface area contributed by atoms with Gasteiger partial charge in [-0.15, -0.1) is 0 Å².